The number of rotatable bonds is 4. The standard InChI is InChI=1S/C8H9NO2S2/c1-6(4-7(10)11)5-13-8-9-2-3-12-8/h2-4H,5H2,1H3,(H,10,11). The van der Waals surface area contributed by atoms with Crippen molar-refractivity contribution in [3.8, 4) is 0 Å². The van der Waals surface area contributed by atoms with E-state index in [-0.39, 0.29) is 0 Å². The molecule has 1 N–H and O–H groups in total. The summed E-state index contributed by atoms with van der Waals surface area (Å²) >= 11 is 3.11. The first-order chi connectivity index (χ1) is 6.18. The monoisotopic (exact) mass is 215 g/mol. The van der Waals surface area contributed by atoms with Gasteiger partial charge in [0.15, 0.2) is 0 Å². The second-order valence-electron chi connectivity index (χ2n) is 2.42. The van der Waals surface area contributed by atoms with Crippen molar-refractivity contribution < 1.29 is 9.90 Å². The Kier molecular flexibility index (Phi) is 3.98. The molecule has 0 spiro atoms. The van der Waals surface area contributed by atoms with E-state index in [4.69, 9.17) is 5.11 Å². The Balaban J connectivity index is 2.39. The Labute approximate surface area is 84.5 Å². The average Bonchev–Trinajstić information content (AvgIpc) is 2.51. The topological polar surface area (TPSA) is 50.2 Å². The highest BCUT2D eigenvalue weighted by atomic mass is 32.2. The lowest BCUT2D eigenvalue weighted by Crippen LogP contribution is -1.91. The maximum atomic E-state index is 10.3. The van der Waals surface area contributed by atoms with Gasteiger partial charge in [-0.3, -0.25) is 0 Å². The van der Waals surface area contributed by atoms with Crippen LogP contribution in [0.4, 0.5) is 0 Å². The van der Waals surface area contributed by atoms with Crippen LogP contribution < -0.4 is 0 Å². The van der Waals surface area contributed by atoms with Gasteiger partial charge >= 0.3 is 5.97 Å². The SMILES string of the molecule is CC(=CC(=O)O)CSc1nccs1. The van der Waals surface area contributed by atoms with Crippen molar-refractivity contribution in [3.05, 3.63) is 23.2 Å². The van der Waals surface area contributed by atoms with Crippen molar-refractivity contribution in [1.82, 2.24) is 4.98 Å². The minimum Gasteiger partial charge on any atom is -0.478 e. The van der Waals surface area contributed by atoms with Gasteiger partial charge in [0.2, 0.25) is 0 Å². The van der Waals surface area contributed by atoms with Gasteiger partial charge in [-0.05, 0) is 6.92 Å². The van der Waals surface area contributed by atoms with Crippen molar-refractivity contribution in [2.45, 2.75) is 11.3 Å². The highest BCUT2D eigenvalue weighted by Gasteiger charge is 1.98. The summed E-state index contributed by atoms with van der Waals surface area (Å²) in [5.74, 6) is -0.211. The Morgan fingerprint density at radius 1 is 1.85 bits per heavy atom. The molecule has 0 atom stereocenters. The van der Waals surface area contributed by atoms with Crippen LogP contribution in [0.1, 0.15) is 6.92 Å². The van der Waals surface area contributed by atoms with Crippen LogP contribution in [0.2, 0.25) is 0 Å². The molecule has 13 heavy (non-hydrogen) atoms. The molecule has 0 amide bonds. The molecule has 1 aromatic heterocycles. The number of thioether (sulfide) groups is 1. The molecule has 0 saturated heterocycles. The third kappa shape index (κ3) is 4.10. The summed E-state index contributed by atoms with van der Waals surface area (Å²) in [5.41, 5.74) is 0.840. The second-order valence-corrected chi connectivity index (χ2v) is 4.53. The molecule has 3 nitrogen and oxygen atoms in total. The van der Waals surface area contributed by atoms with Crippen molar-refractivity contribution in [1.29, 1.82) is 0 Å². The van der Waals surface area contributed by atoms with E-state index in [0.717, 1.165) is 9.91 Å². The zero-order valence-electron chi connectivity index (χ0n) is 7.06. The predicted octanol–water partition coefficient (Wildman–Crippen LogP) is 2.27. The van der Waals surface area contributed by atoms with E-state index in [1.54, 1.807) is 36.2 Å². The predicted molar refractivity (Wildman–Crippen MR) is 54.2 cm³/mol. The molecule has 0 radical (unpaired) electrons. The molecule has 0 aliphatic carbocycles. The lowest BCUT2D eigenvalue weighted by atomic mass is 10.3. The van der Waals surface area contributed by atoms with Gasteiger partial charge in [0, 0.05) is 23.4 Å². The Morgan fingerprint density at radius 3 is 3.15 bits per heavy atom. The van der Waals surface area contributed by atoms with Crippen LogP contribution in [0.25, 0.3) is 0 Å². The van der Waals surface area contributed by atoms with Gasteiger partial charge in [-0.25, -0.2) is 9.78 Å². The first-order valence-corrected chi connectivity index (χ1v) is 5.47. The number of hydrogen-bond acceptors (Lipinski definition) is 4. The maximum absolute atomic E-state index is 10.3. The van der Waals surface area contributed by atoms with Crippen molar-refractivity contribution in [3.63, 3.8) is 0 Å². The van der Waals surface area contributed by atoms with Gasteiger partial charge in [-0.2, -0.15) is 0 Å². The quantitative estimate of drug-likeness (QED) is 0.618. The summed E-state index contributed by atoms with van der Waals surface area (Å²) in [6.45, 7) is 1.80. The number of hydrogen-bond donors (Lipinski definition) is 1. The summed E-state index contributed by atoms with van der Waals surface area (Å²) in [4.78, 5) is 14.3. The van der Waals surface area contributed by atoms with Crippen molar-refractivity contribution in [2.24, 2.45) is 0 Å². The number of thiazole rings is 1. The van der Waals surface area contributed by atoms with Gasteiger partial charge < -0.3 is 5.11 Å². The Morgan fingerprint density at radius 2 is 2.62 bits per heavy atom. The summed E-state index contributed by atoms with van der Waals surface area (Å²) in [5, 5.41) is 10.3. The molecule has 1 aromatic rings. The van der Waals surface area contributed by atoms with Crippen LogP contribution in [-0.4, -0.2) is 21.8 Å². The average molecular weight is 215 g/mol. The largest absolute Gasteiger partial charge is 0.478 e. The van der Waals surface area contributed by atoms with E-state index < -0.39 is 5.97 Å². The lowest BCUT2D eigenvalue weighted by Gasteiger charge is -1.96. The van der Waals surface area contributed by atoms with E-state index in [0.29, 0.717) is 5.75 Å². The summed E-state index contributed by atoms with van der Waals surface area (Å²) in [6.07, 6.45) is 2.96. The molecule has 0 aliphatic rings. The fraction of sp³-hybridized carbons (Fsp3) is 0.250. The van der Waals surface area contributed by atoms with Gasteiger partial charge in [-0.1, -0.05) is 17.3 Å². The molecular formula is C8H9NO2S2. The van der Waals surface area contributed by atoms with Crippen LogP contribution in [0.15, 0.2) is 27.6 Å². The van der Waals surface area contributed by atoms with E-state index in [1.807, 2.05) is 5.38 Å². The number of carbonyl (C=O) groups is 1. The van der Waals surface area contributed by atoms with E-state index in [9.17, 15) is 4.79 Å². The lowest BCUT2D eigenvalue weighted by molar-refractivity contribution is -0.131. The molecule has 1 heterocycles. The van der Waals surface area contributed by atoms with Gasteiger partial charge in [-0.15, -0.1) is 11.3 Å². The summed E-state index contributed by atoms with van der Waals surface area (Å²) in [7, 11) is 0. The molecule has 5 heteroatoms. The highest BCUT2D eigenvalue weighted by molar-refractivity contribution is 8.01. The smallest absolute Gasteiger partial charge is 0.328 e. The summed E-state index contributed by atoms with van der Waals surface area (Å²) in [6, 6.07) is 0. The molecule has 0 fully saturated rings. The maximum Gasteiger partial charge on any atom is 0.328 e. The number of aliphatic carboxylic acids is 1. The van der Waals surface area contributed by atoms with E-state index in [1.165, 1.54) is 6.08 Å². The fourth-order valence-electron chi connectivity index (χ4n) is 0.710. The Hall–Kier alpha value is -0.810. The second kappa shape index (κ2) is 5.04. The molecule has 70 valence electrons. The molecule has 1 rings (SSSR count). The van der Waals surface area contributed by atoms with Gasteiger partial charge in [0.05, 0.1) is 0 Å². The minimum absolute atomic E-state index is 0.680. The van der Waals surface area contributed by atoms with Gasteiger partial charge in [0.25, 0.3) is 0 Å². The fourth-order valence-corrected chi connectivity index (χ4v) is 2.25. The molecule has 0 unspecified atom stereocenters. The molecular weight excluding hydrogens is 206 g/mol. The van der Waals surface area contributed by atoms with Crippen molar-refractivity contribution >= 4 is 29.1 Å². The van der Waals surface area contributed by atoms with E-state index in [2.05, 4.69) is 4.98 Å². The third-order valence-electron chi connectivity index (χ3n) is 1.20. The van der Waals surface area contributed by atoms with Crippen LogP contribution in [0.5, 0.6) is 0 Å². The summed E-state index contributed by atoms with van der Waals surface area (Å²) < 4.78 is 0.970. The first-order valence-electron chi connectivity index (χ1n) is 3.61. The third-order valence-corrected chi connectivity index (χ3v) is 3.36. The first kappa shape index (κ1) is 10.3. The molecule has 0 aromatic carbocycles. The van der Waals surface area contributed by atoms with Gasteiger partial charge in [0.1, 0.15) is 4.34 Å². The zero-order chi connectivity index (χ0) is 9.68. The van der Waals surface area contributed by atoms with E-state index >= 15 is 0 Å². The number of carboxylic acid groups (broad SMARTS) is 1. The molecule has 0 saturated carbocycles. The van der Waals surface area contributed by atoms with Crippen LogP contribution >= 0.6 is 23.1 Å². The van der Waals surface area contributed by atoms with Crippen molar-refractivity contribution in [2.75, 3.05) is 5.75 Å². The van der Waals surface area contributed by atoms with Crippen LogP contribution in [0.3, 0.4) is 0 Å². The van der Waals surface area contributed by atoms with Crippen LogP contribution in [-0.2, 0) is 4.79 Å². The number of carboxylic acids is 1. The Bertz CT molecular complexity index is 306. The highest BCUT2D eigenvalue weighted by Crippen LogP contribution is 2.21. The number of nitrogens with zero attached hydrogens (tertiary/aromatic N) is 1. The minimum atomic E-state index is -0.891. The van der Waals surface area contributed by atoms with Crippen LogP contribution in [0, 0.1) is 0 Å². The molecule has 0 bridgehead atoms. The zero-order valence-corrected chi connectivity index (χ0v) is 8.69. The normalized spacial score (nSPS) is 11.6. The number of aromatic nitrogens is 1. The molecule has 0 aliphatic heterocycles.